The number of aromatic nitrogens is 1. The van der Waals surface area contributed by atoms with Crippen molar-refractivity contribution < 1.29 is 9.90 Å². The van der Waals surface area contributed by atoms with Gasteiger partial charge in [-0.15, -0.1) is 23.1 Å². The minimum absolute atomic E-state index is 0.0556. The maximum atomic E-state index is 11.0. The van der Waals surface area contributed by atoms with Gasteiger partial charge in [-0.05, 0) is 29.8 Å². The molecule has 0 bridgehead atoms. The van der Waals surface area contributed by atoms with Crippen LogP contribution in [0.25, 0.3) is 21.2 Å². The fourth-order valence-corrected chi connectivity index (χ4v) is 4.25. The number of fused-ring (bicyclic) bond motifs is 1. The highest BCUT2D eigenvalue weighted by Crippen LogP contribution is 2.37. The lowest BCUT2D eigenvalue weighted by Gasteiger charge is -2.05. The lowest BCUT2D eigenvalue weighted by molar-refractivity contribution is -0.133. The highest BCUT2D eigenvalue weighted by molar-refractivity contribution is 8.09. The first-order valence-electron chi connectivity index (χ1n) is 6.91. The molecule has 0 spiro atoms. The Morgan fingerprint density at radius 3 is 2.75 bits per heavy atom. The summed E-state index contributed by atoms with van der Waals surface area (Å²) in [5, 5.41) is 10.7. The van der Waals surface area contributed by atoms with Crippen molar-refractivity contribution in [1.82, 2.24) is 4.98 Å². The van der Waals surface area contributed by atoms with Crippen LogP contribution in [0, 0.1) is 0 Å². The highest BCUT2D eigenvalue weighted by Gasteiger charge is 2.13. The Morgan fingerprint density at radius 1 is 1.21 bits per heavy atom. The summed E-state index contributed by atoms with van der Waals surface area (Å²) < 4.78 is 1.05. The number of aliphatic carboxylic acids is 1. The van der Waals surface area contributed by atoms with Gasteiger partial charge in [-0.25, -0.2) is 4.98 Å². The van der Waals surface area contributed by atoms with Gasteiger partial charge in [-0.3, -0.25) is 4.79 Å². The summed E-state index contributed by atoms with van der Waals surface area (Å²) in [6.07, 6.45) is 1.83. The average Bonchev–Trinajstić information content (AvgIpc) is 2.99. The lowest BCUT2D eigenvalue weighted by atomic mass is 10.2. The molecular weight excluding hydrogens is 385 g/mol. The fraction of sp³-hybridized carbons (Fsp3) is 0.0588. The van der Waals surface area contributed by atoms with Gasteiger partial charge in [0.25, 0.3) is 0 Å². The van der Waals surface area contributed by atoms with Crippen molar-refractivity contribution in [2.24, 2.45) is 0 Å². The molecule has 1 N–H and O–H groups in total. The van der Waals surface area contributed by atoms with Crippen LogP contribution in [0.2, 0.25) is 10.0 Å². The van der Waals surface area contributed by atoms with Crippen LogP contribution in [0.15, 0.2) is 42.5 Å². The molecule has 7 heteroatoms. The summed E-state index contributed by atoms with van der Waals surface area (Å²) in [7, 11) is 0. The van der Waals surface area contributed by atoms with E-state index in [-0.39, 0.29) is 5.75 Å². The molecule has 3 nitrogen and oxygen atoms in total. The first kappa shape index (κ1) is 17.3. The van der Waals surface area contributed by atoms with E-state index in [4.69, 9.17) is 28.3 Å². The molecule has 0 saturated carbocycles. The largest absolute Gasteiger partial charge is 0.481 e. The van der Waals surface area contributed by atoms with Crippen LogP contribution in [-0.2, 0) is 4.79 Å². The number of carbonyl (C=O) groups is 1. The Balaban J connectivity index is 2.06. The van der Waals surface area contributed by atoms with Crippen molar-refractivity contribution in [2.45, 2.75) is 0 Å². The van der Waals surface area contributed by atoms with E-state index in [1.165, 1.54) is 23.1 Å². The number of nitrogens with zero attached hydrogens (tertiary/aromatic N) is 1. The molecule has 0 aliphatic heterocycles. The number of hydrogen-bond acceptors (Lipinski definition) is 4. The third-order valence-corrected chi connectivity index (χ3v) is 6.17. The average molecular weight is 396 g/mol. The zero-order chi connectivity index (χ0) is 17.1. The van der Waals surface area contributed by atoms with E-state index in [0.717, 1.165) is 25.7 Å². The maximum Gasteiger partial charge on any atom is 0.313 e. The molecule has 2 aromatic carbocycles. The molecule has 0 amide bonds. The third kappa shape index (κ3) is 3.92. The van der Waals surface area contributed by atoms with Gasteiger partial charge < -0.3 is 5.11 Å². The van der Waals surface area contributed by atoms with E-state index < -0.39 is 5.97 Å². The zero-order valence-corrected chi connectivity index (χ0v) is 15.3. The van der Waals surface area contributed by atoms with E-state index in [9.17, 15) is 4.79 Å². The Morgan fingerprint density at radius 2 is 2.00 bits per heavy atom. The van der Waals surface area contributed by atoms with Crippen LogP contribution in [0.4, 0.5) is 0 Å². The van der Waals surface area contributed by atoms with Gasteiger partial charge in [0.1, 0.15) is 5.01 Å². The summed E-state index contributed by atoms with van der Waals surface area (Å²) in [6, 6.07) is 13.1. The topological polar surface area (TPSA) is 50.2 Å². The maximum absolute atomic E-state index is 11.0. The van der Waals surface area contributed by atoms with E-state index in [0.29, 0.717) is 10.0 Å². The highest BCUT2D eigenvalue weighted by atomic mass is 35.5. The number of halogens is 2. The predicted octanol–water partition coefficient (Wildman–Crippen LogP) is 5.92. The Kier molecular flexibility index (Phi) is 5.46. The zero-order valence-electron chi connectivity index (χ0n) is 12.2. The molecule has 24 heavy (non-hydrogen) atoms. The van der Waals surface area contributed by atoms with Crippen LogP contribution in [0.5, 0.6) is 0 Å². The van der Waals surface area contributed by atoms with Gasteiger partial charge in [0.15, 0.2) is 0 Å². The Bertz CT molecular complexity index is 904. The monoisotopic (exact) mass is 395 g/mol. The van der Waals surface area contributed by atoms with Gasteiger partial charge in [-0.1, -0.05) is 47.5 Å². The normalized spacial score (nSPS) is 11.8. The van der Waals surface area contributed by atoms with E-state index in [1.54, 1.807) is 12.1 Å². The van der Waals surface area contributed by atoms with E-state index >= 15 is 0 Å². The summed E-state index contributed by atoms with van der Waals surface area (Å²) in [5.41, 5.74) is 1.62. The number of hydrogen-bond donors (Lipinski definition) is 1. The van der Waals surface area contributed by atoms with E-state index in [1.807, 2.05) is 36.4 Å². The third-order valence-electron chi connectivity index (χ3n) is 3.12. The summed E-state index contributed by atoms with van der Waals surface area (Å²) in [5.74, 6) is -0.941. The van der Waals surface area contributed by atoms with Crippen LogP contribution >= 0.6 is 46.3 Å². The Labute approximate surface area is 156 Å². The Hall–Kier alpha value is -1.53. The van der Waals surface area contributed by atoms with Crippen molar-refractivity contribution in [3.63, 3.8) is 0 Å². The summed E-state index contributed by atoms with van der Waals surface area (Å²) >= 11 is 15.0. The van der Waals surface area contributed by atoms with Crippen molar-refractivity contribution in [3.8, 4) is 0 Å². The number of benzene rings is 2. The minimum atomic E-state index is -0.885. The second kappa shape index (κ2) is 7.57. The minimum Gasteiger partial charge on any atom is -0.481 e. The fourth-order valence-electron chi connectivity index (χ4n) is 2.06. The molecule has 3 aromatic rings. The molecule has 3 rings (SSSR count). The first-order chi connectivity index (χ1) is 11.5. The van der Waals surface area contributed by atoms with Crippen LogP contribution < -0.4 is 0 Å². The summed E-state index contributed by atoms with van der Waals surface area (Å²) in [4.78, 5) is 16.3. The van der Waals surface area contributed by atoms with Gasteiger partial charge in [0.2, 0.25) is 0 Å². The van der Waals surface area contributed by atoms with Crippen molar-refractivity contribution in [2.75, 3.05) is 5.75 Å². The lowest BCUT2D eigenvalue weighted by Crippen LogP contribution is -1.98. The molecule has 0 aliphatic carbocycles. The molecule has 0 atom stereocenters. The number of rotatable bonds is 5. The molecule has 0 fully saturated rings. The van der Waals surface area contributed by atoms with Crippen molar-refractivity contribution in [3.05, 3.63) is 63.1 Å². The van der Waals surface area contributed by atoms with Gasteiger partial charge in [0.05, 0.1) is 26.0 Å². The molecule has 1 aromatic heterocycles. The molecule has 0 radical (unpaired) electrons. The van der Waals surface area contributed by atoms with Crippen molar-refractivity contribution in [1.29, 1.82) is 0 Å². The van der Waals surface area contributed by atoms with Crippen molar-refractivity contribution >= 4 is 73.5 Å². The molecule has 0 saturated heterocycles. The van der Waals surface area contributed by atoms with Crippen LogP contribution in [-0.4, -0.2) is 21.8 Å². The smallest absolute Gasteiger partial charge is 0.313 e. The first-order valence-corrected chi connectivity index (χ1v) is 9.46. The molecule has 122 valence electrons. The summed E-state index contributed by atoms with van der Waals surface area (Å²) in [6.45, 7) is 0. The van der Waals surface area contributed by atoms with Gasteiger partial charge >= 0.3 is 5.97 Å². The second-order valence-electron chi connectivity index (χ2n) is 4.82. The predicted molar refractivity (Wildman–Crippen MR) is 104 cm³/mol. The van der Waals surface area contributed by atoms with Gasteiger partial charge in [0, 0.05) is 4.91 Å². The molecule has 1 heterocycles. The van der Waals surface area contributed by atoms with E-state index in [2.05, 4.69) is 4.98 Å². The number of carboxylic acid groups (broad SMARTS) is 1. The quantitative estimate of drug-likeness (QED) is 0.582. The standard InChI is InChI=1S/C17H11Cl2NO2S2/c18-11-5-3-4-10(16(11)19)8-14(23-9-15(21)22)17-20-12-6-1-2-7-13(12)24-17/h1-8H,9H2,(H,21,22)/b14-8-. The SMILES string of the molecule is O=C(O)CS/C(=C\c1cccc(Cl)c1Cl)c1nc2ccccc2s1. The molecule has 0 aliphatic rings. The molecular formula is C17H11Cl2NO2S2. The van der Waals surface area contributed by atoms with Crippen LogP contribution in [0.3, 0.4) is 0 Å². The van der Waals surface area contributed by atoms with Gasteiger partial charge in [-0.2, -0.15) is 0 Å². The number of para-hydroxylation sites is 1. The van der Waals surface area contributed by atoms with Crippen LogP contribution in [0.1, 0.15) is 10.6 Å². The molecule has 0 unspecified atom stereocenters. The number of carboxylic acids is 1. The number of thioether (sulfide) groups is 1. The number of thiazole rings is 1. The second-order valence-corrected chi connectivity index (χ2v) is 7.65.